The topological polar surface area (TPSA) is 87.9 Å². The van der Waals surface area contributed by atoms with Crippen molar-refractivity contribution in [3.8, 4) is 11.5 Å². The van der Waals surface area contributed by atoms with Gasteiger partial charge in [-0.25, -0.2) is 4.79 Å². The fourth-order valence-electron chi connectivity index (χ4n) is 1.29. The molecule has 0 fully saturated rings. The van der Waals surface area contributed by atoms with Crippen LogP contribution in [0.4, 0.5) is 0 Å². The van der Waals surface area contributed by atoms with E-state index in [-0.39, 0.29) is 6.61 Å². The number of rotatable bonds is 6. The first-order valence-corrected chi connectivity index (χ1v) is 5.42. The van der Waals surface area contributed by atoms with Crippen LogP contribution in [0.3, 0.4) is 0 Å². The van der Waals surface area contributed by atoms with Crippen molar-refractivity contribution in [1.29, 1.82) is 0 Å². The summed E-state index contributed by atoms with van der Waals surface area (Å²) in [4.78, 5) is 21.6. The number of carbonyl (C=O) groups is 2. The summed E-state index contributed by atoms with van der Waals surface area (Å²) < 4.78 is 14.8. The Labute approximate surface area is 110 Å². The highest BCUT2D eigenvalue weighted by Crippen LogP contribution is 2.28. The molecule has 6 nitrogen and oxygen atoms in total. The van der Waals surface area contributed by atoms with E-state index in [4.69, 9.17) is 15.2 Å². The van der Waals surface area contributed by atoms with Crippen LogP contribution in [0, 0.1) is 0 Å². The molecule has 2 N–H and O–H groups in total. The molecule has 19 heavy (non-hydrogen) atoms. The summed E-state index contributed by atoms with van der Waals surface area (Å²) in [6.07, 6.45) is 2.87. The summed E-state index contributed by atoms with van der Waals surface area (Å²) in [5.74, 6) is -0.186. The molecule has 0 bridgehead atoms. The van der Waals surface area contributed by atoms with E-state index in [0.717, 1.165) is 5.56 Å². The summed E-state index contributed by atoms with van der Waals surface area (Å²) in [5.41, 5.74) is 5.72. The highest BCUT2D eigenvalue weighted by molar-refractivity contribution is 5.87. The van der Waals surface area contributed by atoms with Gasteiger partial charge in [0.25, 0.3) is 5.91 Å². The van der Waals surface area contributed by atoms with E-state index < -0.39 is 11.9 Å². The van der Waals surface area contributed by atoms with Gasteiger partial charge in [-0.3, -0.25) is 4.79 Å². The molecule has 0 atom stereocenters. The standard InChI is InChI=1S/C13H15NO5/c1-17-11-7-9(4-6-13(16)18-2)3-5-10(11)19-8-12(14)15/h3-7H,8H2,1-2H3,(H2,14,15). The monoisotopic (exact) mass is 265 g/mol. The maximum absolute atomic E-state index is 11.0. The van der Waals surface area contributed by atoms with Crippen LogP contribution in [0.15, 0.2) is 24.3 Å². The third kappa shape index (κ3) is 4.71. The zero-order valence-corrected chi connectivity index (χ0v) is 10.7. The van der Waals surface area contributed by atoms with E-state index in [9.17, 15) is 9.59 Å². The molecule has 0 spiro atoms. The van der Waals surface area contributed by atoms with Crippen molar-refractivity contribution in [1.82, 2.24) is 0 Å². The molecule has 0 aromatic heterocycles. The number of ether oxygens (including phenoxy) is 3. The van der Waals surface area contributed by atoms with E-state index in [1.165, 1.54) is 20.3 Å². The van der Waals surface area contributed by atoms with Crippen molar-refractivity contribution < 1.29 is 23.8 Å². The van der Waals surface area contributed by atoms with Crippen LogP contribution < -0.4 is 15.2 Å². The number of amides is 1. The second-order valence-corrected chi connectivity index (χ2v) is 3.52. The highest BCUT2D eigenvalue weighted by Gasteiger charge is 2.06. The zero-order valence-electron chi connectivity index (χ0n) is 10.7. The predicted molar refractivity (Wildman–Crippen MR) is 68.7 cm³/mol. The van der Waals surface area contributed by atoms with Crippen LogP contribution in [-0.4, -0.2) is 32.7 Å². The van der Waals surface area contributed by atoms with E-state index in [2.05, 4.69) is 4.74 Å². The fourth-order valence-corrected chi connectivity index (χ4v) is 1.29. The normalized spacial score (nSPS) is 10.2. The van der Waals surface area contributed by atoms with E-state index in [0.29, 0.717) is 11.5 Å². The average molecular weight is 265 g/mol. The Morgan fingerprint density at radius 1 is 1.26 bits per heavy atom. The average Bonchev–Trinajstić information content (AvgIpc) is 2.42. The minimum Gasteiger partial charge on any atom is -0.493 e. The molecular formula is C13H15NO5. The molecule has 1 aromatic rings. The van der Waals surface area contributed by atoms with Crippen molar-refractivity contribution in [2.45, 2.75) is 0 Å². The van der Waals surface area contributed by atoms with Crippen LogP contribution in [0.25, 0.3) is 6.08 Å². The van der Waals surface area contributed by atoms with Crippen LogP contribution in [-0.2, 0) is 14.3 Å². The Kier molecular flexibility index (Phi) is 5.40. The summed E-state index contributed by atoms with van der Waals surface area (Å²) in [6.45, 7) is -0.228. The third-order valence-electron chi connectivity index (χ3n) is 2.17. The van der Waals surface area contributed by atoms with Gasteiger partial charge in [0.15, 0.2) is 18.1 Å². The molecule has 0 heterocycles. The number of carbonyl (C=O) groups excluding carboxylic acids is 2. The van der Waals surface area contributed by atoms with Crippen LogP contribution in [0.2, 0.25) is 0 Å². The molecule has 0 aliphatic heterocycles. The van der Waals surface area contributed by atoms with Gasteiger partial charge in [0.1, 0.15) is 0 Å². The Bertz CT molecular complexity index is 496. The SMILES string of the molecule is COC(=O)C=Cc1ccc(OCC(N)=O)c(OC)c1. The lowest BCUT2D eigenvalue weighted by atomic mass is 10.2. The molecule has 1 amide bonds. The number of esters is 1. The summed E-state index contributed by atoms with van der Waals surface area (Å²) in [6, 6.07) is 4.99. The van der Waals surface area contributed by atoms with Crippen LogP contribution in [0.5, 0.6) is 11.5 Å². The van der Waals surface area contributed by atoms with Gasteiger partial charge in [-0.1, -0.05) is 6.07 Å². The molecule has 0 aliphatic rings. The maximum Gasteiger partial charge on any atom is 0.330 e. The Hall–Kier alpha value is -2.50. The van der Waals surface area contributed by atoms with Gasteiger partial charge in [-0.2, -0.15) is 0 Å². The maximum atomic E-state index is 11.0. The van der Waals surface area contributed by atoms with Gasteiger partial charge in [-0.15, -0.1) is 0 Å². The lowest BCUT2D eigenvalue weighted by Crippen LogP contribution is -2.20. The molecule has 6 heteroatoms. The van der Waals surface area contributed by atoms with Gasteiger partial charge in [0.05, 0.1) is 14.2 Å². The first-order chi connectivity index (χ1) is 9.06. The third-order valence-corrected chi connectivity index (χ3v) is 2.17. The summed E-state index contributed by atoms with van der Waals surface area (Å²) in [7, 11) is 2.77. The Morgan fingerprint density at radius 3 is 2.58 bits per heavy atom. The van der Waals surface area contributed by atoms with Gasteiger partial charge in [0.2, 0.25) is 0 Å². The Morgan fingerprint density at radius 2 is 2.00 bits per heavy atom. The number of primary amides is 1. The first kappa shape index (κ1) is 14.6. The minimum atomic E-state index is -0.572. The van der Waals surface area contributed by atoms with E-state index in [1.54, 1.807) is 24.3 Å². The second-order valence-electron chi connectivity index (χ2n) is 3.52. The molecule has 0 unspecified atom stereocenters. The number of methoxy groups -OCH3 is 2. The smallest absolute Gasteiger partial charge is 0.330 e. The molecule has 1 rings (SSSR count). The van der Waals surface area contributed by atoms with E-state index in [1.807, 2.05) is 0 Å². The molecule has 0 radical (unpaired) electrons. The number of hydrogen-bond acceptors (Lipinski definition) is 5. The molecule has 0 saturated heterocycles. The van der Waals surface area contributed by atoms with Crippen LogP contribution in [0.1, 0.15) is 5.56 Å². The zero-order chi connectivity index (χ0) is 14.3. The minimum absolute atomic E-state index is 0.228. The van der Waals surface area contributed by atoms with Crippen molar-refractivity contribution in [3.05, 3.63) is 29.8 Å². The largest absolute Gasteiger partial charge is 0.493 e. The number of hydrogen-bond donors (Lipinski definition) is 1. The predicted octanol–water partition coefficient (Wildman–Crippen LogP) is 0.745. The van der Waals surface area contributed by atoms with E-state index >= 15 is 0 Å². The summed E-state index contributed by atoms with van der Waals surface area (Å²) in [5, 5.41) is 0. The molecular weight excluding hydrogens is 250 g/mol. The molecule has 102 valence electrons. The van der Waals surface area contributed by atoms with Crippen LogP contribution >= 0.6 is 0 Å². The van der Waals surface area contributed by atoms with Gasteiger partial charge in [-0.05, 0) is 23.8 Å². The Balaban J connectivity index is 2.86. The van der Waals surface area contributed by atoms with Crippen molar-refractivity contribution in [3.63, 3.8) is 0 Å². The van der Waals surface area contributed by atoms with Gasteiger partial charge >= 0.3 is 5.97 Å². The quantitative estimate of drug-likeness (QED) is 0.605. The number of benzene rings is 1. The van der Waals surface area contributed by atoms with Gasteiger partial charge < -0.3 is 19.9 Å². The molecule has 0 aliphatic carbocycles. The highest BCUT2D eigenvalue weighted by atomic mass is 16.5. The molecule has 1 aromatic carbocycles. The fraction of sp³-hybridized carbons (Fsp3) is 0.231. The lowest BCUT2D eigenvalue weighted by Gasteiger charge is -2.09. The van der Waals surface area contributed by atoms with Gasteiger partial charge in [0, 0.05) is 6.08 Å². The van der Waals surface area contributed by atoms with Crippen molar-refractivity contribution in [2.24, 2.45) is 5.73 Å². The first-order valence-electron chi connectivity index (χ1n) is 5.42. The lowest BCUT2D eigenvalue weighted by molar-refractivity contribution is -0.134. The second kappa shape index (κ2) is 7.05. The van der Waals surface area contributed by atoms with Crippen molar-refractivity contribution >= 4 is 18.0 Å². The number of nitrogens with two attached hydrogens (primary N) is 1. The summed E-state index contributed by atoms with van der Waals surface area (Å²) >= 11 is 0. The molecule has 0 saturated carbocycles. The van der Waals surface area contributed by atoms with Crippen molar-refractivity contribution in [2.75, 3.05) is 20.8 Å².